The maximum absolute atomic E-state index is 12.7. The first-order valence-electron chi connectivity index (χ1n) is 10.5. The van der Waals surface area contributed by atoms with Gasteiger partial charge in [-0.3, -0.25) is 9.59 Å². The maximum Gasteiger partial charge on any atom is 0.251 e. The van der Waals surface area contributed by atoms with Gasteiger partial charge in [0.05, 0.1) is 0 Å². The molecule has 27 heavy (non-hydrogen) atoms. The van der Waals surface area contributed by atoms with Crippen LogP contribution in [0.1, 0.15) is 67.3 Å². The van der Waals surface area contributed by atoms with Crippen LogP contribution in [0.5, 0.6) is 0 Å². The molecule has 3 fully saturated rings. The zero-order chi connectivity index (χ0) is 18.9. The third-order valence-electron chi connectivity index (χ3n) is 6.79. The molecule has 1 unspecified atom stereocenters. The average molecular weight is 370 g/mol. The molecule has 1 heterocycles. The summed E-state index contributed by atoms with van der Waals surface area (Å²) in [6, 6.07) is 5.90. The molecule has 2 saturated carbocycles. The van der Waals surface area contributed by atoms with Gasteiger partial charge >= 0.3 is 0 Å². The Morgan fingerprint density at radius 3 is 2.56 bits per heavy atom. The minimum Gasteiger partial charge on any atom is -0.349 e. The number of carbonyl (C=O) groups excluding carboxylic acids is 2. The van der Waals surface area contributed by atoms with Crippen LogP contribution in [0.3, 0.4) is 0 Å². The second kappa shape index (κ2) is 7.63. The number of aryl methyl sites for hydroxylation is 1. The van der Waals surface area contributed by atoms with Crippen molar-refractivity contribution in [3.8, 4) is 0 Å². The van der Waals surface area contributed by atoms with E-state index in [4.69, 9.17) is 0 Å². The third kappa shape index (κ3) is 4.03. The molecule has 1 spiro atoms. The Morgan fingerprint density at radius 2 is 1.85 bits per heavy atom. The predicted octanol–water partition coefficient (Wildman–Crippen LogP) is 3.39. The Hall–Kier alpha value is -1.88. The first-order valence-corrected chi connectivity index (χ1v) is 10.5. The van der Waals surface area contributed by atoms with Gasteiger partial charge in [0.1, 0.15) is 0 Å². The summed E-state index contributed by atoms with van der Waals surface area (Å²) in [7, 11) is 0. The highest BCUT2D eigenvalue weighted by atomic mass is 16.2. The van der Waals surface area contributed by atoms with E-state index >= 15 is 0 Å². The molecule has 0 bridgehead atoms. The lowest BCUT2D eigenvalue weighted by Crippen LogP contribution is -2.36. The van der Waals surface area contributed by atoms with Crippen molar-refractivity contribution in [2.75, 3.05) is 18.4 Å². The molecular weight excluding hydrogens is 338 g/mol. The summed E-state index contributed by atoms with van der Waals surface area (Å²) < 4.78 is 0. The second-order valence-corrected chi connectivity index (χ2v) is 8.70. The van der Waals surface area contributed by atoms with Gasteiger partial charge in [-0.05, 0) is 81.3 Å². The number of anilines is 1. The van der Waals surface area contributed by atoms with E-state index in [1.165, 1.54) is 19.3 Å². The Bertz CT molecular complexity index is 718. The first-order chi connectivity index (χ1) is 13.1. The molecular formula is C22H31N3O2. The van der Waals surface area contributed by atoms with Gasteiger partial charge in [-0.15, -0.1) is 0 Å². The fourth-order valence-corrected chi connectivity index (χ4v) is 4.88. The fourth-order valence-electron chi connectivity index (χ4n) is 4.88. The van der Waals surface area contributed by atoms with Crippen LogP contribution in [0.4, 0.5) is 5.69 Å². The molecule has 0 aromatic heterocycles. The van der Waals surface area contributed by atoms with E-state index in [9.17, 15) is 9.59 Å². The topological polar surface area (TPSA) is 70.2 Å². The summed E-state index contributed by atoms with van der Waals surface area (Å²) in [5.41, 5.74) is 2.69. The minimum atomic E-state index is -0.00118. The number of piperidine rings is 1. The lowest BCUT2D eigenvalue weighted by molar-refractivity contribution is -0.118. The number of hydrogen-bond acceptors (Lipinski definition) is 3. The summed E-state index contributed by atoms with van der Waals surface area (Å²) in [5.74, 6) is 0.284. The Labute approximate surface area is 161 Å². The molecule has 1 aliphatic heterocycles. The second-order valence-electron chi connectivity index (χ2n) is 8.70. The van der Waals surface area contributed by atoms with Crippen molar-refractivity contribution >= 4 is 17.5 Å². The molecule has 5 heteroatoms. The van der Waals surface area contributed by atoms with Crippen molar-refractivity contribution in [1.29, 1.82) is 0 Å². The van der Waals surface area contributed by atoms with Gasteiger partial charge in [-0.1, -0.05) is 19.3 Å². The average Bonchev–Trinajstić information content (AvgIpc) is 3.37. The van der Waals surface area contributed by atoms with Crippen molar-refractivity contribution in [1.82, 2.24) is 10.6 Å². The highest BCUT2D eigenvalue weighted by molar-refractivity contribution is 5.98. The summed E-state index contributed by atoms with van der Waals surface area (Å²) in [4.78, 5) is 25.2. The van der Waals surface area contributed by atoms with Crippen LogP contribution in [0.25, 0.3) is 0 Å². The molecule has 2 amide bonds. The van der Waals surface area contributed by atoms with E-state index in [1.54, 1.807) is 0 Å². The molecule has 1 aromatic rings. The van der Waals surface area contributed by atoms with E-state index in [0.717, 1.165) is 56.4 Å². The number of carbonyl (C=O) groups is 2. The van der Waals surface area contributed by atoms with Crippen LogP contribution in [0.2, 0.25) is 0 Å². The summed E-state index contributed by atoms with van der Waals surface area (Å²) in [5, 5.41) is 9.63. The quantitative estimate of drug-likeness (QED) is 0.762. The maximum atomic E-state index is 12.7. The molecule has 2 aliphatic carbocycles. The van der Waals surface area contributed by atoms with Crippen molar-refractivity contribution in [2.45, 2.75) is 64.3 Å². The van der Waals surface area contributed by atoms with Gasteiger partial charge < -0.3 is 16.0 Å². The number of hydrogen-bond donors (Lipinski definition) is 3. The van der Waals surface area contributed by atoms with Crippen molar-refractivity contribution < 1.29 is 9.59 Å². The van der Waals surface area contributed by atoms with E-state index < -0.39 is 0 Å². The van der Waals surface area contributed by atoms with Gasteiger partial charge in [0.15, 0.2) is 0 Å². The normalized spacial score (nSPS) is 24.4. The van der Waals surface area contributed by atoms with Gasteiger partial charge in [0.25, 0.3) is 5.91 Å². The van der Waals surface area contributed by atoms with Gasteiger partial charge in [-0.25, -0.2) is 0 Å². The molecule has 1 aromatic carbocycles. The molecule has 4 rings (SSSR count). The molecule has 0 radical (unpaired) electrons. The Morgan fingerprint density at radius 1 is 1.11 bits per heavy atom. The van der Waals surface area contributed by atoms with Gasteiger partial charge in [-0.2, -0.15) is 0 Å². The standard InChI is InChI=1S/C22H31N3O2/c1-15-13-16(20(26)24-17-5-3-2-4-6-17)7-8-19(15)25-21(27)18-14-22(18)9-11-23-12-10-22/h7-8,13,17-18,23H,2-6,9-12,14H2,1H3,(H,24,26)(H,25,27). The lowest BCUT2D eigenvalue weighted by Gasteiger charge is -2.23. The van der Waals surface area contributed by atoms with E-state index in [0.29, 0.717) is 11.6 Å². The van der Waals surface area contributed by atoms with Crippen LogP contribution in [0.15, 0.2) is 18.2 Å². The van der Waals surface area contributed by atoms with Crippen molar-refractivity contribution in [2.24, 2.45) is 11.3 Å². The third-order valence-corrected chi connectivity index (χ3v) is 6.79. The highest BCUT2D eigenvalue weighted by Gasteiger charge is 2.57. The van der Waals surface area contributed by atoms with E-state index in [2.05, 4.69) is 16.0 Å². The Balaban J connectivity index is 1.35. The summed E-state index contributed by atoms with van der Waals surface area (Å²) in [6.07, 6.45) is 9.06. The van der Waals surface area contributed by atoms with E-state index in [1.807, 2.05) is 25.1 Å². The molecule has 1 atom stereocenters. The van der Waals surface area contributed by atoms with Crippen LogP contribution in [-0.2, 0) is 4.79 Å². The van der Waals surface area contributed by atoms with E-state index in [-0.39, 0.29) is 23.1 Å². The molecule has 146 valence electrons. The van der Waals surface area contributed by atoms with Crippen molar-refractivity contribution in [3.63, 3.8) is 0 Å². The highest BCUT2D eigenvalue weighted by Crippen LogP contribution is 2.58. The minimum absolute atomic E-state index is 0.00118. The van der Waals surface area contributed by atoms with Gasteiger partial charge in [0, 0.05) is 23.2 Å². The molecule has 3 N–H and O–H groups in total. The number of nitrogens with one attached hydrogen (secondary N) is 3. The lowest BCUT2D eigenvalue weighted by atomic mass is 9.91. The molecule has 5 nitrogen and oxygen atoms in total. The SMILES string of the molecule is Cc1cc(C(=O)NC2CCCCC2)ccc1NC(=O)C1CC12CCNCC2. The molecule has 3 aliphatic rings. The van der Waals surface area contributed by atoms with Crippen molar-refractivity contribution in [3.05, 3.63) is 29.3 Å². The van der Waals surface area contributed by atoms with Crippen LogP contribution < -0.4 is 16.0 Å². The number of amides is 2. The predicted molar refractivity (Wildman–Crippen MR) is 107 cm³/mol. The zero-order valence-electron chi connectivity index (χ0n) is 16.3. The van der Waals surface area contributed by atoms with Gasteiger partial charge in [0.2, 0.25) is 5.91 Å². The number of benzene rings is 1. The summed E-state index contributed by atoms with van der Waals surface area (Å²) >= 11 is 0. The smallest absolute Gasteiger partial charge is 0.251 e. The number of rotatable bonds is 4. The molecule has 1 saturated heterocycles. The monoisotopic (exact) mass is 369 g/mol. The zero-order valence-corrected chi connectivity index (χ0v) is 16.3. The fraction of sp³-hybridized carbons (Fsp3) is 0.636. The largest absolute Gasteiger partial charge is 0.349 e. The van der Waals surface area contributed by atoms with Crippen LogP contribution >= 0.6 is 0 Å². The Kier molecular flexibility index (Phi) is 5.22. The summed E-state index contributed by atoms with van der Waals surface area (Å²) in [6.45, 7) is 4.00. The van der Waals surface area contributed by atoms with Crippen LogP contribution in [-0.4, -0.2) is 30.9 Å². The van der Waals surface area contributed by atoms with Crippen LogP contribution in [0, 0.1) is 18.3 Å². The first kappa shape index (κ1) is 18.5.